The molecule has 1 aliphatic heterocycles. The molecule has 1 aliphatic rings. The lowest BCUT2D eigenvalue weighted by Gasteiger charge is -2.31. The number of hydroxylamine groups is 1. The van der Waals surface area contributed by atoms with E-state index in [9.17, 15) is 19.5 Å². The van der Waals surface area contributed by atoms with Gasteiger partial charge in [-0.2, -0.15) is 0 Å². The van der Waals surface area contributed by atoms with E-state index in [4.69, 9.17) is 5.21 Å². The molecule has 0 spiro atoms. The van der Waals surface area contributed by atoms with Crippen molar-refractivity contribution in [3.63, 3.8) is 0 Å². The van der Waals surface area contributed by atoms with E-state index in [1.165, 1.54) is 5.48 Å². The minimum atomic E-state index is -0.858. The monoisotopic (exact) mass is 400 g/mol. The van der Waals surface area contributed by atoms with Crippen molar-refractivity contribution in [3.8, 4) is 0 Å². The SMILES string of the molecule is CCCCCCC(NC(=O)NO)C(=O)NC(C(=O)N1CCC[C@H]1CO)C(C)C. The number of aliphatic hydroxyl groups is 1. The van der Waals surface area contributed by atoms with Crippen LogP contribution in [-0.2, 0) is 9.59 Å². The normalized spacial score (nSPS) is 18.6. The molecule has 0 aliphatic carbocycles. The van der Waals surface area contributed by atoms with Gasteiger partial charge in [-0.15, -0.1) is 0 Å². The first-order valence-corrected chi connectivity index (χ1v) is 10.3. The fourth-order valence-corrected chi connectivity index (χ4v) is 3.50. The van der Waals surface area contributed by atoms with Crippen LogP contribution in [0.4, 0.5) is 4.79 Å². The molecule has 162 valence electrons. The molecule has 1 fully saturated rings. The standard InChI is InChI=1S/C19H36N4O5/c1-4-5-6-7-10-15(20-19(27)22-28)17(25)21-16(13(2)3)18(26)23-11-8-9-14(23)12-24/h13-16,24,28H,4-12H2,1-3H3,(H,21,25)(H2,20,22,27)/t14-,15?,16?/m0/s1. The third-order valence-electron chi connectivity index (χ3n) is 5.17. The van der Waals surface area contributed by atoms with E-state index < -0.39 is 24.0 Å². The van der Waals surface area contributed by atoms with Crippen molar-refractivity contribution >= 4 is 17.8 Å². The maximum atomic E-state index is 13.0. The number of nitrogens with zero attached hydrogens (tertiary/aromatic N) is 1. The maximum absolute atomic E-state index is 13.0. The molecular formula is C19H36N4O5. The third kappa shape index (κ3) is 7.27. The van der Waals surface area contributed by atoms with E-state index >= 15 is 0 Å². The van der Waals surface area contributed by atoms with Crippen LogP contribution in [0.1, 0.15) is 65.7 Å². The van der Waals surface area contributed by atoms with Gasteiger partial charge >= 0.3 is 6.03 Å². The molecule has 9 nitrogen and oxygen atoms in total. The van der Waals surface area contributed by atoms with Crippen molar-refractivity contribution in [1.82, 2.24) is 21.0 Å². The number of hydrogen-bond donors (Lipinski definition) is 5. The highest BCUT2D eigenvalue weighted by molar-refractivity contribution is 5.92. The molecule has 28 heavy (non-hydrogen) atoms. The van der Waals surface area contributed by atoms with Gasteiger partial charge in [0.05, 0.1) is 12.6 Å². The third-order valence-corrected chi connectivity index (χ3v) is 5.17. The largest absolute Gasteiger partial charge is 0.394 e. The molecule has 0 aromatic heterocycles. The van der Waals surface area contributed by atoms with Crippen LogP contribution in [0.5, 0.6) is 0 Å². The fraction of sp³-hybridized carbons (Fsp3) is 0.842. The van der Waals surface area contributed by atoms with Crippen LogP contribution in [0.3, 0.4) is 0 Å². The average Bonchev–Trinajstić information content (AvgIpc) is 3.16. The number of rotatable bonds is 11. The number of nitrogens with one attached hydrogen (secondary N) is 3. The summed E-state index contributed by atoms with van der Waals surface area (Å²) in [6.07, 6.45) is 5.75. The lowest BCUT2D eigenvalue weighted by molar-refractivity contribution is -0.139. The van der Waals surface area contributed by atoms with E-state index in [2.05, 4.69) is 17.6 Å². The summed E-state index contributed by atoms with van der Waals surface area (Å²) >= 11 is 0. The molecule has 0 aromatic rings. The van der Waals surface area contributed by atoms with Gasteiger partial charge in [0.15, 0.2) is 0 Å². The zero-order valence-electron chi connectivity index (χ0n) is 17.2. The summed E-state index contributed by atoms with van der Waals surface area (Å²) in [4.78, 5) is 38.9. The number of carbonyl (C=O) groups is 3. The molecule has 0 radical (unpaired) electrons. The number of aliphatic hydroxyl groups excluding tert-OH is 1. The Morgan fingerprint density at radius 1 is 1.14 bits per heavy atom. The van der Waals surface area contributed by atoms with Crippen LogP contribution in [0.15, 0.2) is 0 Å². The summed E-state index contributed by atoms with van der Waals surface area (Å²) in [6, 6.07) is -2.65. The molecule has 4 amide bonds. The summed E-state index contributed by atoms with van der Waals surface area (Å²) in [5.41, 5.74) is 1.48. The Balaban J connectivity index is 2.80. The summed E-state index contributed by atoms with van der Waals surface area (Å²) < 4.78 is 0. The van der Waals surface area contributed by atoms with Gasteiger partial charge in [0.2, 0.25) is 11.8 Å². The molecular weight excluding hydrogens is 364 g/mol. The molecule has 1 rings (SSSR count). The van der Waals surface area contributed by atoms with Crippen LogP contribution >= 0.6 is 0 Å². The van der Waals surface area contributed by atoms with E-state index in [1.807, 2.05) is 13.8 Å². The second-order valence-electron chi connectivity index (χ2n) is 7.73. The van der Waals surface area contributed by atoms with Crippen molar-refractivity contribution in [2.24, 2.45) is 5.92 Å². The Morgan fingerprint density at radius 3 is 2.43 bits per heavy atom. The lowest BCUT2D eigenvalue weighted by Crippen LogP contribution is -2.57. The van der Waals surface area contributed by atoms with Gasteiger partial charge in [-0.3, -0.25) is 14.8 Å². The van der Waals surface area contributed by atoms with Gasteiger partial charge in [-0.25, -0.2) is 10.3 Å². The van der Waals surface area contributed by atoms with Crippen LogP contribution in [0.25, 0.3) is 0 Å². The molecule has 1 saturated heterocycles. The first-order chi connectivity index (χ1) is 13.3. The summed E-state index contributed by atoms with van der Waals surface area (Å²) in [6.45, 7) is 6.24. The Kier molecular flexibility index (Phi) is 10.8. The average molecular weight is 401 g/mol. The fourth-order valence-electron chi connectivity index (χ4n) is 3.50. The highest BCUT2D eigenvalue weighted by Gasteiger charge is 2.36. The number of amides is 4. The lowest BCUT2D eigenvalue weighted by atomic mass is 10.0. The molecule has 1 heterocycles. The predicted octanol–water partition coefficient (Wildman–Crippen LogP) is 1.14. The van der Waals surface area contributed by atoms with Gasteiger partial charge < -0.3 is 20.6 Å². The topological polar surface area (TPSA) is 131 Å². The van der Waals surface area contributed by atoms with Gasteiger partial charge in [0, 0.05) is 6.54 Å². The predicted molar refractivity (Wildman–Crippen MR) is 105 cm³/mol. The second-order valence-corrected chi connectivity index (χ2v) is 7.73. The van der Waals surface area contributed by atoms with Crippen LogP contribution in [-0.4, -0.2) is 64.3 Å². The zero-order valence-corrected chi connectivity index (χ0v) is 17.2. The van der Waals surface area contributed by atoms with Crippen LogP contribution in [0, 0.1) is 5.92 Å². The summed E-state index contributed by atoms with van der Waals surface area (Å²) in [5, 5.41) is 23.5. The molecule has 2 unspecified atom stereocenters. The number of hydrogen-bond acceptors (Lipinski definition) is 5. The Morgan fingerprint density at radius 2 is 1.86 bits per heavy atom. The smallest absolute Gasteiger partial charge is 0.339 e. The van der Waals surface area contributed by atoms with E-state index in [0.29, 0.717) is 13.0 Å². The van der Waals surface area contributed by atoms with Crippen molar-refractivity contribution in [2.75, 3.05) is 13.2 Å². The van der Waals surface area contributed by atoms with Gasteiger partial charge in [-0.05, 0) is 25.2 Å². The van der Waals surface area contributed by atoms with Gasteiger partial charge in [0.1, 0.15) is 12.1 Å². The van der Waals surface area contributed by atoms with Crippen molar-refractivity contribution < 1.29 is 24.7 Å². The highest BCUT2D eigenvalue weighted by atomic mass is 16.5. The molecule has 0 bridgehead atoms. The second kappa shape index (κ2) is 12.6. The Hall–Kier alpha value is -1.87. The van der Waals surface area contributed by atoms with Crippen molar-refractivity contribution in [1.29, 1.82) is 0 Å². The molecule has 0 aromatic carbocycles. The first kappa shape index (κ1) is 24.2. The van der Waals surface area contributed by atoms with E-state index in [-0.39, 0.29) is 24.5 Å². The summed E-state index contributed by atoms with van der Waals surface area (Å²) in [7, 11) is 0. The van der Waals surface area contributed by atoms with Crippen LogP contribution < -0.4 is 16.1 Å². The number of unbranched alkanes of at least 4 members (excludes halogenated alkanes) is 3. The van der Waals surface area contributed by atoms with E-state index in [0.717, 1.165) is 38.5 Å². The number of likely N-dealkylation sites (tertiary alicyclic amines) is 1. The zero-order chi connectivity index (χ0) is 21.1. The summed E-state index contributed by atoms with van der Waals surface area (Å²) in [5.74, 6) is -0.813. The molecule has 0 saturated carbocycles. The molecule has 3 atom stereocenters. The maximum Gasteiger partial charge on any atom is 0.339 e. The van der Waals surface area contributed by atoms with Gasteiger partial charge in [0.25, 0.3) is 0 Å². The van der Waals surface area contributed by atoms with E-state index in [1.54, 1.807) is 4.90 Å². The molecule has 5 N–H and O–H groups in total. The minimum absolute atomic E-state index is 0.0945. The quantitative estimate of drug-likeness (QED) is 0.202. The Bertz CT molecular complexity index is 515. The minimum Gasteiger partial charge on any atom is -0.394 e. The number of urea groups is 1. The first-order valence-electron chi connectivity index (χ1n) is 10.3. The molecule has 9 heteroatoms. The number of carbonyl (C=O) groups excluding carboxylic acids is 3. The highest BCUT2D eigenvalue weighted by Crippen LogP contribution is 2.20. The Labute approximate surface area is 167 Å². The van der Waals surface area contributed by atoms with Crippen LogP contribution in [0.2, 0.25) is 0 Å². The van der Waals surface area contributed by atoms with Crippen molar-refractivity contribution in [3.05, 3.63) is 0 Å². The van der Waals surface area contributed by atoms with Gasteiger partial charge in [-0.1, -0.05) is 46.5 Å². The van der Waals surface area contributed by atoms with Crippen molar-refractivity contribution in [2.45, 2.75) is 83.8 Å².